The number of Topliss-reactive ketones (excluding diaryl/α,β-unsaturated/α-hetero) is 1. The van der Waals surface area contributed by atoms with Crippen LogP contribution < -0.4 is 16.4 Å². The van der Waals surface area contributed by atoms with E-state index in [4.69, 9.17) is 10.5 Å². The lowest BCUT2D eigenvalue weighted by atomic mass is 9.88. The van der Waals surface area contributed by atoms with Crippen molar-refractivity contribution in [1.29, 1.82) is 0 Å². The largest absolute Gasteiger partial charge is 0.444 e. The molecular formula is C33H42N6O4. The average molecular weight is 587 g/mol. The number of hydrogen-bond donors (Lipinski definition) is 3. The second-order valence-corrected chi connectivity index (χ2v) is 12.4. The quantitative estimate of drug-likeness (QED) is 0.325. The summed E-state index contributed by atoms with van der Waals surface area (Å²) in [6, 6.07) is 18.1. The molecule has 1 aromatic heterocycles. The first-order valence-corrected chi connectivity index (χ1v) is 14.7. The summed E-state index contributed by atoms with van der Waals surface area (Å²) in [5, 5.41) is 5.56. The van der Waals surface area contributed by atoms with Crippen LogP contribution in [0.5, 0.6) is 0 Å². The van der Waals surface area contributed by atoms with Crippen LogP contribution in [0.1, 0.15) is 62.3 Å². The number of aromatic nitrogens is 2. The normalized spacial score (nSPS) is 15.7. The average Bonchev–Trinajstić information content (AvgIpc) is 2.96. The predicted octanol–water partition coefficient (Wildman–Crippen LogP) is 3.89. The molecule has 4 N–H and O–H groups in total. The molecule has 0 radical (unpaired) electrons. The molecule has 1 saturated heterocycles. The summed E-state index contributed by atoms with van der Waals surface area (Å²) in [7, 11) is 0. The van der Waals surface area contributed by atoms with Gasteiger partial charge in [-0.2, -0.15) is 0 Å². The maximum absolute atomic E-state index is 12.8. The lowest BCUT2D eigenvalue weighted by molar-refractivity contribution is -0.122. The Bertz CT molecular complexity index is 1390. The molecule has 0 saturated carbocycles. The van der Waals surface area contributed by atoms with Crippen LogP contribution in [-0.2, 0) is 22.5 Å². The van der Waals surface area contributed by atoms with Crippen molar-refractivity contribution < 1.29 is 19.1 Å². The number of benzene rings is 2. The Morgan fingerprint density at radius 3 is 2.23 bits per heavy atom. The Hall–Kier alpha value is -4.15. The minimum atomic E-state index is -1.20. The zero-order chi connectivity index (χ0) is 31.0. The molecule has 228 valence electrons. The molecule has 2 aromatic carbocycles. The van der Waals surface area contributed by atoms with Crippen molar-refractivity contribution in [1.82, 2.24) is 25.5 Å². The summed E-state index contributed by atoms with van der Waals surface area (Å²) in [5.41, 5.74) is 8.20. The molecule has 1 fully saturated rings. The third-order valence-corrected chi connectivity index (χ3v) is 7.29. The molecule has 3 aromatic rings. The van der Waals surface area contributed by atoms with E-state index in [9.17, 15) is 14.4 Å². The summed E-state index contributed by atoms with van der Waals surface area (Å²) in [4.78, 5) is 48.6. The number of carbonyl (C=O) groups is 3. The van der Waals surface area contributed by atoms with E-state index < -0.39 is 17.2 Å². The fraction of sp³-hybridized carbons (Fsp3) is 0.424. The number of likely N-dealkylation sites (tertiary alicyclic amines) is 1. The first-order valence-electron chi connectivity index (χ1n) is 14.7. The summed E-state index contributed by atoms with van der Waals surface area (Å²) < 4.78 is 5.19. The summed E-state index contributed by atoms with van der Waals surface area (Å²) in [6.45, 7) is 9.42. The number of nitrogens with one attached hydrogen (secondary N) is 2. The van der Waals surface area contributed by atoms with Crippen LogP contribution in [0.3, 0.4) is 0 Å². The van der Waals surface area contributed by atoms with Crippen molar-refractivity contribution in [3.05, 3.63) is 83.9 Å². The van der Waals surface area contributed by atoms with Gasteiger partial charge in [0.2, 0.25) is 5.82 Å². The Balaban J connectivity index is 1.28. The molecule has 1 aliphatic rings. The number of piperidine rings is 1. The van der Waals surface area contributed by atoms with Crippen molar-refractivity contribution in [3.63, 3.8) is 0 Å². The Morgan fingerprint density at radius 1 is 0.930 bits per heavy atom. The fourth-order valence-electron chi connectivity index (χ4n) is 4.97. The Morgan fingerprint density at radius 2 is 1.58 bits per heavy atom. The highest BCUT2D eigenvalue weighted by Gasteiger charge is 2.29. The van der Waals surface area contributed by atoms with Crippen LogP contribution in [0, 0.1) is 0 Å². The number of ether oxygens (including phenoxy) is 1. The molecule has 10 heteroatoms. The zero-order valence-corrected chi connectivity index (χ0v) is 25.4. The van der Waals surface area contributed by atoms with Gasteiger partial charge in [-0.15, -0.1) is 0 Å². The lowest BCUT2D eigenvalue weighted by Gasteiger charge is -2.32. The molecule has 1 atom stereocenters. The van der Waals surface area contributed by atoms with Crippen molar-refractivity contribution in [3.8, 4) is 11.1 Å². The van der Waals surface area contributed by atoms with Crippen molar-refractivity contribution in [2.75, 3.05) is 19.6 Å². The molecular weight excluding hydrogens is 544 g/mol. The summed E-state index contributed by atoms with van der Waals surface area (Å²) in [5.74, 6) is -0.465. The van der Waals surface area contributed by atoms with Gasteiger partial charge in [0.05, 0.1) is 12.1 Å². The molecule has 2 heterocycles. The van der Waals surface area contributed by atoms with Gasteiger partial charge in [-0.1, -0.05) is 54.6 Å². The van der Waals surface area contributed by atoms with Crippen LogP contribution in [0.15, 0.2) is 67.0 Å². The van der Waals surface area contributed by atoms with Gasteiger partial charge in [0.25, 0.3) is 5.91 Å². The summed E-state index contributed by atoms with van der Waals surface area (Å²) in [6.07, 6.45) is 4.61. The highest BCUT2D eigenvalue weighted by molar-refractivity contribution is 5.92. The number of carbonyl (C=O) groups excluding carboxylic acids is 3. The predicted molar refractivity (Wildman–Crippen MR) is 165 cm³/mol. The van der Waals surface area contributed by atoms with Gasteiger partial charge in [0, 0.05) is 43.6 Å². The monoisotopic (exact) mass is 586 g/mol. The third kappa shape index (κ3) is 9.69. The topological polar surface area (TPSA) is 140 Å². The van der Waals surface area contributed by atoms with E-state index in [1.54, 1.807) is 40.1 Å². The zero-order valence-electron chi connectivity index (χ0n) is 25.4. The number of rotatable bonds is 10. The van der Waals surface area contributed by atoms with E-state index in [0.29, 0.717) is 0 Å². The minimum absolute atomic E-state index is 0.0899. The van der Waals surface area contributed by atoms with Gasteiger partial charge in [-0.3, -0.25) is 14.5 Å². The van der Waals surface area contributed by atoms with E-state index in [-0.39, 0.29) is 36.5 Å². The minimum Gasteiger partial charge on any atom is -0.444 e. The van der Waals surface area contributed by atoms with Gasteiger partial charge in [-0.25, -0.2) is 14.8 Å². The SMILES string of the molecule is CC(C)(C)OC(=O)NCC(=O)C(C)(N)Cc1cccc(-c2cnc(C(=O)NC3CCN(Cc4ccccc4)CC3)nc2)c1. The smallest absolute Gasteiger partial charge is 0.408 e. The van der Waals surface area contributed by atoms with Crippen molar-refractivity contribution in [2.45, 2.75) is 70.7 Å². The maximum Gasteiger partial charge on any atom is 0.408 e. The number of alkyl carbamates (subject to hydrolysis) is 1. The molecule has 10 nitrogen and oxygen atoms in total. The van der Waals surface area contributed by atoms with Gasteiger partial charge < -0.3 is 21.1 Å². The number of amides is 2. The molecule has 2 amide bonds. The van der Waals surface area contributed by atoms with Crippen molar-refractivity contribution >= 4 is 17.8 Å². The van der Waals surface area contributed by atoms with E-state index in [1.165, 1.54) is 5.56 Å². The van der Waals surface area contributed by atoms with Gasteiger partial charge >= 0.3 is 6.09 Å². The number of hydrogen-bond acceptors (Lipinski definition) is 8. The van der Waals surface area contributed by atoms with Gasteiger partial charge in [-0.05, 0) is 63.6 Å². The Kier molecular flexibility index (Phi) is 10.3. The second kappa shape index (κ2) is 13.9. The summed E-state index contributed by atoms with van der Waals surface area (Å²) >= 11 is 0. The first kappa shape index (κ1) is 31.8. The lowest BCUT2D eigenvalue weighted by Crippen LogP contribution is -2.51. The second-order valence-electron chi connectivity index (χ2n) is 12.4. The molecule has 43 heavy (non-hydrogen) atoms. The maximum atomic E-state index is 12.8. The van der Waals surface area contributed by atoms with Crippen LogP contribution >= 0.6 is 0 Å². The standard InChI is InChI=1S/C33H42N6O4/c1-32(2,3)43-31(42)37-21-28(40)33(4,34)18-24-11-8-12-25(17-24)26-19-35-29(36-20-26)30(41)38-27-13-15-39(16-14-27)22-23-9-6-5-7-10-23/h5-12,17,19-20,27H,13-16,18,21-22,34H2,1-4H3,(H,37,42)(H,38,41). The third-order valence-electron chi connectivity index (χ3n) is 7.29. The molecule has 0 aliphatic carbocycles. The van der Waals surface area contributed by atoms with Crippen LogP contribution in [0.2, 0.25) is 0 Å². The van der Waals surface area contributed by atoms with E-state index in [2.05, 4.69) is 49.8 Å². The first-order chi connectivity index (χ1) is 20.4. The van der Waals surface area contributed by atoms with Gasteiger partial charge in [0.15, 0.2) is 5.78 Å². The van der Waals surface area contributed by atoms with Crippen LogP contribution in [0.4, 0.5) is 4.79 Å². The highest BCUT2D eigenvalue weighted by Crippen LogP contribution is 2.22. The number of ketones is 1. The molecule has 1 unspecified atom stereocenters. The van der Waals surface area contributed by atoms with E-state index >= 15 is 0 Å². The molecule has 4 rings (SSSR count). The number of nitrogens with zero attached hydrogens (tertiary/aromatic N) is 3. The van der Waals surface area contributed by atoms with Crippen LogP contribution in [0.25, 0.3) is 11.1 Å². The number of nitrogens with two attached hydrogens (primary N) is 1. The Labute approximate surface area is 253 Å². The van der Waals surface area contributed by atoms with Gasteiger partial charge in [0.1, 0.15) is 5.60 Å². The van der Waals surface area contributed by atoms with Crippen molar-refractivity contribution in [2.24, 2.45) is 5.73 Å². The van der Waals surface area contributed by atoms with E-state index in [0.717, 1.165) is 49.2 Å². The molecule has 1 aliphatic heterocycles. The highest BCUT2D eigenvalue weighted by atomic mass is 16.6. The molecule has 0 spiro atoms. The van der Waals surface area contributed by atoms with E-state index in [1.807, 2.05) is 30.3 Å². The molecule has 0 bridgehead atoms. The van der Waals surface area contributed by atoms with Crippen LogP contribution in [-0.4, -0.2) is 69.5 Å². The fourth-order valence-corrected chi connectivity index (χ4v) is 4.97.